The van der Waals surface area contributed by atoms with Gasteiger partial charge in [0, 0.05) is 11.6 Å². The molecule has 23 heavy (non-hydrogen) atoms. The molecule has 1 fully saturated rings. The Balaban J connectivity index is 1.69. The third-order valence-corrected chi connectivity index (χ3v) is 5.20. The van der Waals surface area contributed by atoms with E-state index in [2.05, 4.69) is 16.9 Å². The fourth-order valence-electron chi connectivity index (χ4n) is 2.88. The minimum absolute atomic E-state index is 0.0522. The molecule has 0 aliphatic carbocycles. The minimum Gasteiger partial charge on any atom is -0.306 e. The molecule has 0 atom stereocenters. The monoisotopic (exact) mass is 328 g/mol. The zero-order chi connectivity index (χ0) is 16.2. The summed E-state index contributed by atoms with van der Waals surface area (Å²) in [5, 5.41) is 1.89. The highest BCUT2D eigenvalue weighted by Gasteiger charge is 2.25. The summed E-state index contributed by atoms with van der Waals surface area (Å²) in [7, 11) is 2.08. The highest BCUT2D eigenvalue weighted by molar-refractivity contribution is 7.12. The number of carbonyl (C=O) groups excluding carboxylic acids is 2. The number of pyridine rings is 1. The van der Waals surface area contributed by atoms with Crippen LogP contribution in [0.4, 0.5) is 0 Å². The lowest BCUT2D eigenvalue weighted by molar-refractivity contribution is 0.0850. The number of rotatable bonds is 5. The van der Waals surface area contributed by atoms with Crippen LogP contribution in [0.25, 0.3) is 0 Å². The van der Waals surface area contributed by atoms with Crippen LogP contribution < -0.4 is 0 Å². The van der Waals surface area contributed by atoms with Crippen molar-refractivity contribution in [1.29, 1.82) is 0 Å². The summed E-state index contributed by atoms with van der Waals surface area (Å²) in [5.41, 5.74) is 1.17. The first-order chi connectivity index (χ1) is 11.1. The Kier molecular flexibility index (Phi) is 4.98. The number of nitrogens with zero attached hydrogens (tertiary/aromatic N) is 2. The summed E-state index contributed by atoms with van der Waals surface area (Å²) >= 11 is 1.43. The fraction of sp³-hybridized carbons (Fsp3) is 0.389. The number of Topliss-reactive ketones (excluding diaryl/α,β-unsaturated/α-hetero) is 2. The van der Waals surface area contributed by atoms with Crippen molar-refractivity contribution in [1.82, 2.24) is 9.88 Å². The molecule has 1 aliphatic heterocycles. The first kappa shape index (κ1) is 16.0. The molecule has 0 N–H and O–H groups in total. The van der Waals surface area contributed by atoms with Gasteiger partial charge in [-0.2, -0.15) is 0 Å². The lowest BCUT2D eigenvalue weighted by Crippen LogP contribution is -2.33. The molecule has 0 saturated carbocycles. The van der Waals surface area contributed by atoms with Crippen molar-refractivity contribution in [3.05, 3.63) is 52.0 Å². The lowest BCUT2D eigenvalue weighted by Gasteiger charge is -2.27. The second-order valence-electron chi connectivity index (χ2n) is 6.03. The molecule has 0 radical (unpaired) electrons. The Bertz CT molecular complexity index is 689. The van der Waals surface area contributed by atoms with E-state index in [1.54, 1.807) is 6.07 Å². The summed E-state index contributed by atoms with van der Waals surface area (Å²) < 4.78 is 0. The first-order valence-corrected chi connectivity index (χ1v) is 8.77. The van der Waals surface area contributed by atoms with Gasteiger partial charge in [0.2, 0.25) is 0 Å². The van der Waals surface area contributed by atoms with Gasteiger partial charge in [-0.25, -0.2) is 4.98 Å². The van der Waals surface area contributed by atoms with Crippen molar-refractivity contribution in [3.63, 3.8) is 0 Å². The third kappa shape index (κ3) is 3.92. The van der Waals surface area contributed by atoms with Gasteiger partial charge in [-0.1, -0.05) is 12.1 Å². The molecule has 0 aromatic carbocycles. The van der Waals surface area contributed by atoms with E-state index >= 15 is 0 Å². The topological polar surface area (TPSA) is 50.3 Å². The molecule has 5 heteroatoms. The molecule has 1 saturated heterocycles. The smallest absolute Gasteiger partial charge is 0.184 e. The normalized spacial score (nSPS) is 16.4. The molecule has 0 bridgehead atoms. The van der Waals surface area contributed by atoms with Crippen LogP contribution in [0.5, 0.6) is 0 Å². The van der Waals surface area contributed by atoms with Gasteiger partial charge >= 0.3 is 0 Å². The van der Waals surface area contributed by atoms with Gasteiger partial charge in [-0.3, -0.25) is 9.59 Å². The number of likely N-dealkylation sites (tertiary alicyclic amines) is 1. The SMILES string of the molecule is CN1CCC(C(=O)c2cccc(CC(=O)c3cccs3)n2)CC1. The highest BCUT2D eigenvalue weighted by atomic mass is 32.1. The van der Waals surface area contributed by atoms with E-state index in [1.165, 1.54) is 11.3 Å². The number of aromatic nitrogens is 1. The number of thiophene rings is 1. The highest BCUT2D eigenvalue weighted by Crippen LogP contribution is 2.20. The second-order valence-corrected chi connectivity index (χ2v) is 6.98. The molecule has 4 nitrogen and oxygen atoms in total. The van der Waals surface area contributed by atoms with Crippen molar-refractivity contribution >= 4 is 22.9 Å². The van der Waals surface area contributed by atoms with E-state index < -0.39 is 0 Å². The van der Waals surface area contributed by atoms with Crippen LogP contribution in [0.1, 0.15) is 38.7 Å². The van der Waals surface area contributed by atoms with Crippen molar-refractivity contribution in [3.8, 4) is 0 Å². The maximum atomic E-state index is 12.6. The molecule has 0 amide bonds. The molecule has 2 aromatic heterocycles. The minimum atomic E-state index is 0.0522. The van der Waals surface area contributed by atoms with E-state index in [1.807, 2.05) is 29.6 Å². The van der Waals surface area contributed by atoms with Crippen molar-refractivity contribution < 1.29 is 9.59 Å². The van der Waals surface area contributed by atoms with Gasteiger partial charge in [0.25, 0.3) is 0 Å². The Labute approximate surface area is 140 Å². The number of carbonyl (C=O) groups is 2. The molecular formula is C18H20N2O2S. The summed E-state index contributed by atoms with van der Waals surface area (Å²) in [5.74, 6) is 0.224. The molecule has 2 aromatic rings. The Morgan fingerprint density at radius 1 is 1.22 bits per heavy atom. The van der Waals surface area contributed by atoms with Gasteiger partial charge < -0.3 is 4.90 Å². The maximum Gasteiger partial charge on any atom is 0.184 e. The van der Waals surface area contributed by atoms with Crippen LogP contribution >= 0.6 is 11.3 Å². The van der Waals surface area contributed by atoms with Crippen LogP contribution in [-0.4, -0.2) is 41.6 Å². The van der Waals surface area contributed by atoms with Crippen LogP contribution in [0.2, 0.25) is 0 Å². The molecule has 3 heterocycles. The summed E-state index contributed by atoms with van der Waals surface area (Å²) in [6, 6.07) is 9.09. The quantitative estimate of drug-likeness (QED) is 0.792. The largest absolute Gasteiger partial charge is 0.306 e. The van der Waals surface area contributed by atoms with E-state index in [0.717, 1.165) is 30.8 Å². The molecule has 120 valence electrons. The fourth-order valence-corrected chi connectivity index (χ4v) is 3.55. The van der Waals surface area contributed by atoms with Gasteiger partial charge in [-0.05, 0) is 56.6 Å². The molecule has 3 rings (SSSR count). The van der Waals surface area contributed by atoms with Crippen molar-refractivity contribution in [2.45, 2.75) is 19.3 Å². The van der Waals surface area contributed by atoms with E-state index in [0.29, 0.717) is 11.4 Å². The van der Waals surface area contributed by atoms with Crippen LogP contribution in [0, 0.1) is 5.92 Å². The first-order valence-electron chi connectivity index (χ1n) is 7.89. The summed E-state index contributed by atoms with van der Waals surface area (Å²) in [6.07, 6.45) is 2.01. The average molecular weight is 328 g/mol. The number of hydrogen-bond acceptors (Lipinski definition) is 5. The van der Waals surface area contributed by atoms with Gasteiger partial charge in [0.15, 0.2) is 11.6 Å². The molecule has 1 aliphatic rings. The van der Waals surface area contributed by atoms with Crippen molar-refractivity contribution in [2.24, 2.45) is 5.92 Å². The predicted molar refractivity (Wildman–Crippen MR) is 91.1 cm³/mol. The van der Waals surface area contributed by atoms with E-state index in [9.17, 15) is 9.59 Å². The molecule has 0 spiro atoms. The number of hydrogen-bond donors (Lipinski definition) is 0. The standard InChI is InChI=1S/C18H20N2O2S/c1-20-9-7-13(8-10-20)18(22)15-5-2-4-14(19-15)12-16(21)17-6-3-11-23-17/h2-6,11,13H,7-10,12H2,1H3. The zero-order valence-electron chi connectivity index (χ0n) is 13.2. The number of piperidine rings is 1. The second kappa shape index (κ2) is 7.15. The van der Waals surface area contributed by atoms with Crippen LogP contribution in [0.15, 0.2) is 35.7 Å². The Morgan fingerprint density at radius 2 is 2.00 bits per heavy atom. The third-order valence-electron chi connectivity index (χ3n) is 4.29. The van der Waals surface area contributed by atoms with Gasteiger partial charge in [-0.15, -0.1) is 11.3 Å². The molecule has 0 unspecified atom stereocenters. The van der Waals surface area contributed by atoms with Gasteiger partial charge in [0.05, 0.1) is 11.3 Å². The average Bonchev–Trinajstić information content (AvgIpc) is 3.10. The predicted octanol–water partition coefficient (Wildman–Crippen LogP) is 3.09. The maximum absolute atomic E-state index is 12.6. The molecular weight excluding hydrogens is 308 g/mol. The Morgan fingerprint density at radius 3 is 2.70 bits per heavy atom. The van der Waals surface area contributed by atoms with Crippen LogP contribution in [-0.2, 0) is 6.42 Å². The lowest BCUT2D eigenvalue weighted by atomic mass is 9.91. The zero-order valence-corrected chi connectivity index (χ0v) is 14.0. The Hall–Kier alpha value is -1.85. The van der Waals surface area contributed by atoms with E-state index in [4.69, 9.17) is 0 Å². The summed E-state index contributed by atoms with van der Waals surface area (Å²) in [4.78, 5) is 32.2. The van der Waals surface area contributed by atoms with Gasteiger partial charge in [0.1, 0.15) is 5.69 Å². The van der Waals surface area contributed by atoms with Crippen molar-refractivity contribution in [2.75, 3.05) is 20.1 Å². The number of ketones is 2. The van der Waals surface area contributed by atoms with Crippen LogP contribution in [0.3, 0.4) is 0 Å². The van der Waals surface area contributed by atoms with E-state index in [-0.39, 0.29) is 23.9 Å². The summed E-state index contributed by atoms with van der Waals surface area (Å²) in [6.45, 7) is 1.90.